The normalized spacial score (nSPS) is 22.8. The van der Waals surface area contributed by atoms with E-state index in [2.05, 4.69) is 39.8 Å². The highest BCUT2D eigenvalue weighted by Crippen LogP contribution is 2.49. The molecule has 0 spiro atoms. The van der Waals surface area contributed by atoms with E-state index in [-0.39, 0.29) is 5.41 Å². The summed E-state index contributed by atoms with van der Waals surface area (Å²) in [6, 6.07) is 8.25. The Kier molecular flexibility index (Phi) is 3.00. The van der Waals surface area contributed by atoms with Crippen molar-refractivity contribution in [3.8, 4) is 0 Å². The van der Waals surface area contributed by atoms with Crippen LogP contribution in [-0.4, -0.2) is 4.98 Å². The second-order valence-corrected chi connectivity index (χ2v) is 7.24. The molecular formula is C18H24N2. The summed E-state index contributed by atoms with van der Waals surface area (Å²) >= 11 is 0. The smallest absolute Gasteiger partial charge is 0.0726 e. The van der Waals surface area contributed by atoms with Crippen molar-refractivity contribution in [1.29, 1.82) is 0 Å². The minimum Gasteiger partial charge on any atom is -0.398 e. The fourth-order valence-electron chi connectivity index (χ4n) is 3.60. The number of hydrogen-bond acceptors (Lipinski definition) is 2. The number of fused-ring (bicyclic) bond motifs is 2. The van der Waals surface area contributed by atoms with Gasteiger partial charge in [0.2, 0.25) is 0 Å². The van der Waals surface area contributed by atoms with E-state index in [4.69, 9.17) is 10.7 Å². The Bertz CT molecular complexity index is 652. The Labute approximate surface area is 121 Å². The van der Waals surface area contributed by atoms with E-state index in [0.29, 0.717) is 11.8 Å². The van der Waals surface area contributed by atoms with Gasteiger partial charge in [-0.25, -0.2) is 0 Å². The summed E-state index contributed by atoms with van der Waals surface area (Å²) in [4.78, 5) is 4.99. The lowest BCUT2D eigenvalue weighted by Gasteiger charge is -2.38. The molecule has 0 saturated carbocycles. The first-order chi connectivity index (χ1) is 9.39. The number of benzene rings is 1. The van der Waals surface area contributed by atoms with Crippen LogP contribution in [0.25, 0.3) is 10.9 Å². The molecular weight excluding hydrogens is 244 g/mol. The summed E-state index contributed by atoms with van der Waals surface area (Å²) in [6.45, 7) is 9.21. The summed E-state index contributed by atoms with van der Waals surface area (Å²) in [7, 11) is 0. The SMILES string of the molecule is C[C@H]1CC[C@H](C(C)(C)C)c2nc3ccccc3c(N)c21. The number of pyridine rings is 1. The van der Waals surface area contributed by atoms with Gasteiger partial charge in [0, 0.05) is 22.6 Å². The highest BCUT2D eigenvalue weighted by atomic mass is 14.8. The van der Waals surface area contributed by atoms with Gasteiger partial charge in [-0.05, 0) is 30.2 Å². The average Bonchev–Trinajstić information content (AvgIpc) is 2.37. The summed E-state index contributed by atoms with van der Waals surface area (Å²) in [5, 5.41) is 1.10. The highest BCUT2D eigenvalue weighted by molar-refractivity contribution is 5.92. The van der Waals surface area contributed by atoms with Crippen LogP contribution in [-0.2, 0) is 0 Å². The monoisotopic (exact) mass is 268 g/mol. The second-order valence-electron chi connectivity index (χ2n) is 7.24. The zero-order chi connectivity index (χ0) is 14.5. The Morgan fingerprint density at radius 3 is 2.55 bits per heavy atom. The fraction of sp³-hybridized carbons (Fsp3) is 0.500. The van der Waals surface area contributed by atoms with Gasteiger partial charge in [0.25, 0.3) is 0 Å². The molecule has 1 aromatic carbocycles. The van der Waals surface area contributed by atoms with Crippen LogP contribution in [0.3, 0.4) is 0 Å². The molecule has 2 nitrogen and oxygen atoms in total. The molecule has 3 rings (SSSR count). The molecule has 1 heterocycles. The highest BCUT2D eigenvalue weighted by Gasteiger charge is 2.35. The van der Waals surface area contributed by atoms with E-state index in [9.17, 15) is 0 Å². The minimum atomic E-state index is 0.233. The number of rotatable bonds is 0. The lowest BCUT2D eigenvalue weighted by atomic mass is 9.68. The van der Waals surface area contributed by atoms with Crippen LogP contribution in [0.4, 0.5) is 5.69 Å². The Morgan fingerprint density at radius 2 is 1.85 bits per heavy atom. The molecule has 1 aromatic heterocycles. The lowest BCUT2D eigenvalue weighted by molar-refractivity contribution is 0.276. The number of aromatic nitrogens is 1. The number of nitrogens with zero attached hydrogens (tertiary/aromatic N) is 1. The van der Waals surface area contributed by atoms with Crippen molar-refractivity contribution >= 4 is 16.6 Å². The molecule has 0 aliphatic heterocycles. The van der Waals surface area contributed by atoms with E-state index in [0.717, 1.165) is 16.6 Å². The van der Waals surface area contributed by atoms with Crippen LogP contribution in [0.1, 0.15) is 63.6 Å². The van der Waals surface area contributed by atoms with Crippen LogP contribution >= 0.6 is 0 Å². The molecule has 20 heavy (non-hydrogen) atoms. The Morgan fingerprint density at radius 1 is 1.15 bits per heavy atom. The number of para-hydroxylation sites is 1. The third kappa shape index (κ3) is 1.98. The maximum atomic E-state index is 6.50. The maximum Gasteiger partial charge on any atom is 0.0726 e. The van der Waals surface area contributed by atoms with Crippen LogP contribution in [0, 0.1) is 5.41 Å². The Hall–Kier alpha value is -1.57. The molecule has 1 aliphatic carbocycles. The third-order valence-corrected chi connectivity index (χ3v) is 4.76. The van der Waals surface area contributed by atoms with Crippen LogP contribution in [0.15, 0.2) is 24.3 Å². The van der Waals surface area contributed by atoms with Gasteiger partial charge in [0.15, 0.2) is 0 Å². The molecule has 0 fully saturated rings. The van der Waals surface area contributed by atoms with Gasteiger partial charge in [-0.1, -0.05) is 45.9 Å². The third-order valence-electron chi connectivity index (χ3n) is 4.76. The molecule has 0 amide bonds. The van der Waals surface area contributed by atoms with Gasteiger partial charge in [-0.3, -0.25) is 4.98 Å². The average molecular weight is 268 g/mol. The molecule has 106 valence electrons. The summed E-state index contributed by atoms with van der Waals surface area (Å²) in [5.41, 5.74) is 11.3. The first-order valence-corrected chi connectivity index (χ1v) is 7.57. The standard InChI is InChI=1S/C18H24N2/c1-11-9-10-13(18(2,3)4)17-15(11)16(19)12-7-5-6-8-14(12)20-17/h5-8,11,13H,9-10H2,1-4H3,(H2,19,20)/t11-,13-/m0/s1. The van der Waals surface area contributed by atoms with Gasteiger partial charge in [0.05, 0.1) is 11.2 Å². The van der Waals surface area contributed by atoms with Crippen molar-refractivity contribution in [1.82, 2.24) is 4.98 Å². The maximum absolute atomic E-state index is 6.50. The number of nitrogen functional groups attached to an aromatic ring is 1. The van der Waals surface area contributed by atoms with Crippen LogP contribution in [0.5, 0.6) is 0 Å². The topological polar surface area (TPSA) is 38.9 Å². The number of nitrogens with two attached hydrogens (primary N) is 1. The summed E-state index contributed by atoms with van der Waals surface area (Å²) < 4.78 is 0. The predicted molar refractivity (Wildman–Crippen MR) is 86.0 cm³/mol. The minimum absolute atomic E-state index is 0.233. The number of anilines is 1. The molecule has 0 unspecified atom stereocenters. The largest absolute Gasteiger partial charge is 0.398 e. The first-order valence-electron chi connectivity index (χ1n) is 7.57. The van der Waals surface area contributed by atoms with Gasteiger partial charge in [0.1, 0.15) is 0 Å². The van der Waals surface area contributed by atoms with Crippen LogP contribution in [0.2, 0.25) is 0 Å². The second kappa shape index (κ2) is 4.47. The van der Waals surface area contributed by atoms with Gasteiger partial charge < -0.3 is 5.73 Å². The predicted octanol–water partition coefficient (Wildman–Crippen LogP) is 4.84. The van der Waals surface area contributed by atoms with E-state index in [1.807, 2.05) is 12.1 Å². The van der Waals surface area contributed by atoms with Gasteiger partial charge >= 0.3 is 0 Å². The van der Waals surface area contributed by atoms with Crippen molar-refractivity contribution in [3.63, 3.8) is 0 Å². The van der Waals surface area contributed by atoms with Crippen LogP contribution < -0.4 is 5.73 Å². The zero-order valence-corrected chi connectivity index (χ0v) is 12.9. The molecule has 2 heteroatoms. The van der Waals surface area contributed by atoms with E-state index < -0.39 is 0 Å². The quantitative estimate of drug-likeness (QED) is 0.742. The molecule has 2 atom stereocenters. The fourth-order valence-corrected chi connectivity index (χ4v) is 3.60. The molecule has 0 bridgehead atoms. The molecule has 0 radical (unpaired) electrons. The summed E-state index contributed by atoms with van der Waals surface area (Å²) in [6.07, 6.45) is 2.42. The van der Waals surface area contributed by atoms with Crippen molar-refractivity contribution in [2.75, 3.05) is 5.73 Å². The molecule has 0 saturated heterocycles. The van der Waals surface area contributed by atoms with E-state index in [1.165, 1.54) is 24.1 Å². The van der Waals surface area contributed by atoms with Crippen molar-refractivity contribution in [2.24, 2.45) is 5.41 Å². The van der Waals surface area contributed by atoms with Gasteiger partial charge in [-0.15, -0.1) is 0 Å². The molecule has 1 aliphatic rings. The zero-order valence-electron chi connectivity index (χ0n) is 12.9. The van der Waals surface area contributed by atoms with Crippen molar-refractivity contribution < 1.29 is 0 Å². The number of hydrogen-bond donors (Lipinski definition) is 1. The van der Waals surface area contributed by atoms with Gasteiger partial charge in [-0.2, -0.15) is 0 Å². The van der Waals surface area contributed by atoms with E-state index >= 15 is 0 Å². The Balaban J connectivity index is 2.31. The first kappa shape index (κ1) is 13.4. The molecule has 2 aromatic rings. The van der Waals surface area contributed by atoms with Crippen molar-refractivity contribution in [3.05, 3.63) is 35.5 Å². The molecule has 2 N–H and O–H groups in total. The summed E-state index contributed by atoms with van der Waals surface area (Å²) in [5.74, 6) is 1.02. The van der Waals surface area contributed by atoms with Crippen molar-refractivity contribution in [2.45, 2.75) is 52.4 Å². The lowest BCUT2D eigenvalue weighted by Crippen LogP contribution is -2.26. The van der Waals surface area contributed by atoms with E-state index in [1.54, 1.807) is 0 Å².